The van der Waals surface area contributed by atoms with Crippen LogP contribution in [-0.4, -0.2) is 61.1 Å². The minimum absolute atomic E-state index is 0.0965. The van der Waals surface area contributed by atoms with Crippen LogP contribution >= 0.6 is 0 Å². The summed E-state index contributed by atoms with van der Waals surface area (Å²) in [5, 5.41) is 5.44. The number of fused-ring (bicyclic) bond motifs is 2. The summed E-state index contributed by atoms with van der Waals surface area (Å²) in [5.41, 5.74) is 2.81. The van der Waals surface area contributed by atoms with E-state index in [0.29, 0.717) is 30.0 Å². The van der Waals surface area contributed by atoms with E-state index in [-0.39, 0.29) is 18.4 Å². The molecule has 0 saturated carbocycles. The molecule has 11 nitrogen and oxygen atoms in total. The third kappa shape index (κ3) is 3.37. The topological polar surface area (TPSA) is 150 Å². The van der Waals surface area contributed by atoms with Gasteiger partial charge in [-0.15, -0.1) is 0 Å². The lowest BCUT2D eigenvalue weighted by molar-refractivity contribution is -0.136. The van der Waals surface area contributed by atoms with E-state index in [2.05, 4.69) is 30.6 Å². The Labute approximate surface area is 181 Å². The Hall–Kier alpha value is -4.15. The first kappa shape index (κ1) is 19.8. The highest BCUT2D eigenvalue weighted by Crippen LogP contribution is 2.28. The number of anilines is 1. The molecule has 3 N–H and O–H groups in total. The molecule has 2 aliphatic heterocycles. The zero-order valence-electron chi connectivity index (χ0n) is 16.9. The lowest BCUT2D eigenvalue weighted by Gasteiger charge is -2.27. The number of hydrogen-bond donors (Lipinski definition) is 3. The number of carbonyl (C=O) groups excluding carboxylic acids is 4. The minimum atomic E-state index is -0.958. The lowest BCUT2D eigenvalue weighted by atomic mass is 10.0. The van der Waals surface area contributed by atoms with E-state index in [4.69, 9.17) is 0 Å². The van der Waals surface area contributed by atoms with Gasteiger partial charge >= 0.3 is 0 Å². The molecule has 1 aromatic carbocycles. The number of benzene rings is 1. The van der Waals surface area contributed by atoms with E-state index in [1.165, 1.54) is 6.33 Å². The SMILES string of the molecule is O=C1CCC(N2C(=O)c3ccc(CCCNc4ncnc5nc[nH]c45)cc3C2=O)C(=O)N1. The van der Waals surface area contributed by atoms with Crippen molar-refractivity contribution in [1.82, 2.24) is 30.2 Å². The lowest BCUT2D eigenvalue weighted by Crippen LogP contribution is -2.54. The van der Waals surface area contributed by atoms with Gasteiger partial charge in [0.1, 0.15) is 17.9 Å². The summed E-state index contributed by atoms with van der Waals surface area (Å²) in [5.74, 6) is -1.34. The normalized spacial score (nSPS) is 18.2. The van der Waals surface area contributed by atoms with Crippen LogP contribution in [0.5, 0.6) is 0 Å². The Bertz CT molecular complexity index is 1270. The molecule has 2 aromatic heterocycles. The van der Waals surface area contributed by atoms with Crippen molar-refractivity contribution in [3.05, 3.63) is 47.5 Å². The Morgan fingerprint density at radius 1 is 1.06 bits per heavy atom. The molecular weight excluding hydrogens is 414 g/mol. The number of imidazole rings is 1. The van der Waals surface area contributed by atoms with Crippen molar-refractivity contribution in [1.29, 1.82) is 0 Å². The number of rotatable bonds is 6. The molecule has 0 radical (unpaired) electrons. The molecule has 1 fully saturated rings. The third-order valence-corrected chi connectivity index (χ3v) is 5.66. The molecule has 3 aromatic rings. The maximum absolute atomic E-state index is 12.9. The van der Waals surface area contributed by atoms with Crippen LogP contribution in [0.3, 0.4) is 0 Å². The first-order valence-corrected chi connectivity index (χ1v) is 10.3. The number of piperidine rings is 1. The van der Waals surface area contributed by atoms with Crippen molar-refractivity contribution in [3.8, 4) is 0 Å². The predicted molar refractivity (Wildman–Crippen MR) is 112 cm³/mol. The Kier molecular flexibility index (Phi) is 4.85. The van der Waals surface area contributed by atoms with Gasteiger partial charge in [-0.1, -0.05) is 6.07 Å². The third-order valence-electron chi connectivity index (χ3n) is 5.66. The number of carbonyl (C=O) groups is 4. The van der Waals surface area contributed by atoms with E-state index in [9.17, 15) is 19.2 Å². The van der Waals surface area contributed by atoms with Crippen molar-refractivity contribution in [2.24, 2.45) is 0 Å². The number of amides is 4. The van der Waals surface area contributed by atoms with Crippen molar-refractivity contribution in [3.63, 3.8) is 0 Å². The molecule has 4 amide bonds. The van der Waals surface area contributed by atoms with Crippen LogP contribution < -0.4 is 10.6 Å². The molecule has 5 rings (SSSR count). The van der Waals surface area contributed by atoms with Crippen LogP contribution in [-0.2, 0) is 16.0 Å². The molecule has 11 heteroatoms. The van der Waals surface area contributed by atoms with Gasteiger partial charge in [-0.3, -0.25) is 29.4 Å². The standard InChI is InChI=1S/C21H19N7O4/c29-15-6-5-14(19(30)27-15)28-20(31)12-4-3-11(8-13(12)21(28)32)2-1-7-22-17-16-18(24-9-23-16)26-10-25-17/h3-4,8-10,14H,1-2,5-7H2,(H,27,29,30)(H2,22,23,24,25,26). The number of imide groups is 2. The van der Waals surface area contributed by atoms with Gasteiger partial charge in [0.05, 0.1) is 17.5 Å². The summed E-state index contributed by atoms with van der Waals surface area (Å²) in [6.45, 7) is 0.636. The molecule has 4 heterocycles. The van der Waals surface area contributed by atoms with Crippen molar-refractivity contribution < 1.29 is 19.2 Å². The number of aryl methyl sites for hydroxylation is 1. The summed E-state index contributed by atoms with van der Waals surface area (Å²) in [6.07, 6.45) is 4.68. The molecule has 0 aliphatic carbocycles. The van der Waals surface area contributed by atoms with Crippen LogP contribution in [0.1, 0.15) is 45.5 Å². The van der Waals surface area contributed by atoms with Crippen molar-refractivity contribution >= 4 is 40.6 Å². The maximum atomic E-state index is 12.9. The molecule has 2 aliphatic rings. The molecule has 1 saturated heterocycles. The fourth-order valence-electron chi connectivity index (χ4n) is 4.07. The second kappa shape index (κ2) is 7.84. The zero-order valence-corrected chi connectivity index (χ0v) is 16.9. The average molecular weight is 433 g/mol. The van der Waals surface area contributed by atoms with Crippen molar-refractivity contribution in [2.45, 2.75) is 31.7 Å². The summed E-state index contributed by atoms with van der Waals surface area (Å²) in [7, 11) is 0. The van der Waals surface area contributed by atoms with Gasteiger partial charge in [-0.25, -0.2) is 15.0 Å². The van der Waals surface area contributed by atoms with Crippen LogP contribution in [0.25, 0.3) is 11.2 Å². The number of nitrogens with one attached hydrogen (secondary N) is 3. The molecule has 1 atom stereocenters. The van der Waals surface area contributed by atoms with Gasteiger partial charge < -0.3 is 10.3 Å². The van der Waals surface area contributed by atoms with Gasteiger partial charge in [0.15, 0.2) is 11.5 Å². The minimum Gasteiger partial charge on any atom is -0.368 e. The van der Waals surface area contributed by atoms with Crippen LogP contribution in [0.15, 0.2) is 30.9 Å². The molecule has 0 bridgehead atoms. The van der Waals surface area contributed by atoms with Gasteiger partial charge in [0.25, 0.3) is 11.8 Å². The van der Waals surface area contributed by atoms with Crippen LogP contribution in [0.4, 0.5) is 5.82 Å². The van der Waals surface area contributed by atoms with E-state index in [1.807, 2.05) is 6.07 Å². The van der Waals surface area contributed by atoms with Gasteiger partial charge in [0.2, 0.25) is 11.8 Å². The summed E-state index contributed by atoms with van der Waals surface area (Å²) in [6, 6.07) is 4.19. The number of nitrogens with zero attached hydrogens (tertiary/aromatic N) is 4. The number of hydrogen-bond acceptors (Lipinski definition) is 8. The number of aromatic amines is 1. The summed E-state index contributed by atoms with van der Waals surface area (Å²) in [4.78, 5) is 65.6. The first-order chi connectivity index (χ1) is 15.5. The molecule has 162 valence electrons. The smallest absolute Gasteiger partial charge is 0.262 e. The monoisotopic (exact) mass is 433 g/mol. The fraction of sp³-hybridized carbons (Fsp3) is 0.286. The highest BCUT2D eigenvalue weighted by molar-refractivity contribution is 6.23. The van der Waals surface area contributed by atoms with E-state index in [1.54, 1.807) is 18.5 Å². The number of H-pyrrole nitrogens is 1. The fourth-order valence-corrected chi connectivity index (χ4v) is 4.07. The van der Waals surface area contributed by atoms with Crippen LogP contribution in [0, 0.1) is 0 Å². The first-order valence-electron chi connectivity index (χ1n) is 10.3. The second-order valence-electron chi connectivity index (χ2n) is 7.68. The van der Waals surface area contributed by atoms with Gasteiger partial charge in [-0.2, -0.15) is 0 Å². The Morgan fingerprint density at radius 3 is 2.75 bits per heavy atom. The van der Waals surface area contributed by atoms with Crippen molar-refractivity contribution in [2.75, 3.05) is 11.9 Å². The summed E-state index contributed by atoms with van der Waals surface area (Å²) < 4.78 is 0. The van der Waals surface area contributed by atoms with E-state index in [0.717, 1.165) is 22.4 Å². The van der Waals surface area contributed by atoms with E-state index >= 15 is 0 Å². The molecule has 32 heavy (non-hydrogen) atoms. The maximum Gasteiger partial charge on any atom is 0.262 e. The highest BCUT2D eigenvalue weighted by atomic mass is 16.2. The van der Waals surface area contributed by atoms with Crippen LogP contribution in [0.2, 0.25) is 0 Å². The molecule has 0 spiro atoms. The van der Waals surface area contributed by atoms with Gasteiger partial charge in [0, 0.05) is 13.0 Å². The van der Waals surface area contributed by atoms with E-state index < -0.39 is 29.7 Å². The quantitative estimate of drug-likeness (QED) is 0.382. The Balaban J connectivity index is 1.24. The Morgan fingerprint density at radius 2 is 1.91 bits per heavy atom. The largest absolute Gasteiger partial charge is 0.368 e. The zero-order chi connectivity index (χ0) is 22.2. The predicted octanol–water partition coefficient (Wildman–Crippen LogP) is 0.799. The molecular formula is C21H19N7O4. The van der Waals surface area contributed by atoms with Gasteiger partial charge in [-0.05, 0) is 37.0 Å². The number of aromatic nitrogens is 4. The second-order valence-corrected chi connectivity index (χ2v) is 7.68. The highest BCUT2D eigenvalue weighted by Gasteiger charge is 2.44. The molecule has 1 unspecified atom stereocenters. The summed E-state index contributed by atoms with van der Waals surface area (Å²) >= 11 is 0. The average Bonchev–Trinajstić information content (AvgIpc) is 3.36.